The molecule has 2 N–H and O–H groups in total. The number of nitrogens with one attached hydrogen (secondary N) is 2. The first-order chi connectivity index (χ1) is 9.08. The third-order valence-corrected chi connectivity index (χ3v) is 3.09. The first-order valence-electron chi connectivity index (χ1n) is 6.16. The Morgan fingerprint density at radius 3 is 2.42 bits per heavy atom. The van der Waals surface area contributed by atoms with Crippen molar-refractivity contribution in [3.8, 4) is 5.75 Å². The number of hydrogen-bond donors (Lipinski definition) is 2. The number of unbranched alkanes of at least 4 members (excludes halogenated alkanes) is 2. The molecule has 0 atom stereocenters. The van der Waals surface area contributed by atoms with Gasteiger partial charge in [-0.3, -0.25) is 0 Å². The number of carbonyl (C=O) groups is 1. The molecule has 106 valence electrons. The molecule has 0 aromatic heterocycles. The van der Waals surface area contributed by atoms with Gasteiger partial charge in [-0.1, -0.05) is 43.0 Å². The molecule has 1 aromatic rings. The van der Waals surface area contributed by atoms with Crippen molar-refractivity contribution in [2.45, 2.75) is 26.2 Å². The maximum absolute atomic E-state index is 11.6. The van der Waals surface area contributed by atoms with E-state index in [2.05, 4.69) is 17.6 Å². The molecule has 0 heterocycles. The molecule has 6 heteroatoms. The minimum absolute atomic E-state index is 0.270. The summed E-state index contributed by atoms with van der Waals surface area (Å²) in [6, 6.07) is 2.92. The zero-order valence-electron chi connectivity index (χ0n) is 11.1. The maximum atomic E-state index is 11.6. The highest BCUT2D eigenvalue weighted by atomic mass is 35.5. The molecule has 1 aromatic carbocycles. The normalized spacial score (nSPS) is 10.1. The Balaban J connectivity index is 2.55. The number of rotatable bonds is 6. The summed E-state index contributed by atoms with van der Waals surface area (Å²) in [6.45, 7) is 2.76. The lowest BCUT2D eigenvalue weighted by Crippen LogP contribution is -2.29. The highest BCUT2D eigenvalue weighted by Gasteiger charge is 2.10. The van der Waals surface area contributed by atoms with Gasteiger partial charge in [0.1, 0.15) is 0 Å². The Bertz CT molecular complexity index is 416. The second-order valence-electron chi connectivity index (χ2n) is 4.06. The van der Waals surface area contributed by atoms with Gasteiger partial charge in [0.2, 0.25) is 0 Å². The summed E-state index contributed by atoms with van der Waals surface area (Å²) >= 11 is 12.0. The zero-order chi connectivity index (χ0) is 14.3. The number of urea groups is 1. The van der Waals surface area contributed by atoms with Crippen molar-refractivity contribution in [1.82, 2.24) is 5.32 Å². The van der Waals surface area contributed by atoms with Gasteiger partial charge in [-0.15, -0.1) is 0 Å². The lowest BCUT2D eigenvalue weighted by atomic mass is 10.2. The molecule has 0 fully saturated rings. The topological polar surface area (TPSA) is 50.4 Å². The average molecular weight is 305 g/mol. The van der Waals surface area contributed by atoms with Crippen LogP contribution in [0.2, 0.25) is 10.0 Å². The molecule has 0 unspecified atom stereocenters. The Morgan fingerprint density at radius 1 is 1.26 bits per heavy atom. The van der Waals surface area contributed by atoms with E-state index in [0.717, 1.165) is 19.3 Å². The summed E-state index contributed by atoms with van der Waals surface area (Å²) in [5.74, 6) is 0.400. The van der Waals surface area contributed by atoms with Gasteiger partial charge in [0.15, 0.2) is 5.75 Å². The summed E-state index contributed by atoms with van der Waals surface area (Å²) in [6.07, 6.45) is 3.18. The van der Waals surface area contributed by atoms with Crippen molar-refractivity contribution in [2.75, 3.05) is 19.0 Å². The third kappa shape index (κ3) is 5.17. The van der Waals surface area contributed by atoms with E-state index in [-0.39, 0.29) is 6.03 Å². The predicted octanol–water partition coefficient (Wildman–Crippen LogP) is 4.31. The Morgan fingerprint density at radius 2 is 1.89 bits per heavy atom. The fraction of sp³-hybridized carbons (Fsp3) is 0.462. The van der Waals surface area contributed by atoms with Crippen molar-refractivity contribution in [1.29, 1.82) is 0 Å². The van der Waals surface area contributed by atoms with Crippen LogP contribution in [-0.4, -0.2) is 19.7 Å². The number of amides is 2. The van der Waals surface area contributed by atoms with E-state index in [1.165, 1.54) is 7.11 Å². The molecule has 0 saturated carbocycles. The molecule has 0 spiro atoms. The Hall–Kier alpha value is -1.13. The minimum atomic E-state index is -0.270. The second-order valence-corrected chi connectivity index (χ2v) is 4.88. The number of halogens is 2. The molecule has 2 amide bonds. The lowest BCUT2D eigenvalue weighted by molar-refractivity contribution is 0.252. The van der Waals surface area contributed by atoms with Crippen molar-refractivity contribution in [3.63, 3.8) is 0 Å². The van der Waals surface area contributed by atoms with Crippen molar-refractivity contribution >= 4 is 34.9 Å². The average Bonchev–Trinajstić information content (AvgIpc) is 2.34. The summed E-state index contributed by atoms with van der Waals surface area (Å²) in [7, 11) is 1.49. The number of methoxy groups -OCH3 is 1. The standard InChI is InChI=1S/C13H18Cl2N2O2/c1-3-4-5-6-16-13(18)17-9-7-10(14)12(19-2)11(15)8-9/h7-8H,3-6H2,1-2H3,(H2,16,17,18). The fourth-order valence-corrected chi connectivity index (χ4v) is 2.22. The largest absolute Gasteiger partial charge is 0.494 e. The quantitative estimate of drug-likeness (QED) is 0.769. The highest BCUT2D eigenvalue weighted by molar-refractivity contribution is 6.37. The molecule has 0 radical (unpaired) electrons. The lowest BCUT2D eigenvalue weighted by Gasteiger charge is -2.10. The molecule has 1 rings (SSSR count). The summed E-state index contributed by atoms with van der Waals surface area (Å²) in [4.78, 5) is 11.6. The Kier molecular flexibility index (Phi) is 6.81. The number of ether oxygens (including phenoxy) is 1. The number of carbonyl (C=O) groups excluding carboxylic acids is 1. The molecule has 19 heavy (non-hydrogen) atoms. The van der Waals surface area contributed by atoms with E-state index in [9.17, 15) is 4.79 Å². The van der Waals surface area contributed by atoms with Crippen LogP contribution in [0, 0.1) is 0 Å². The smallest absolute Gasteiger partial charge is 0.319 e. The summed E-state index contributed by atoms with van der Waals surface area (Å²) in [5, 5.41) is 6.16. The number of hydrogen-bond acceptors (Lipinski definition) is 2. The van der Waals surface area contributed by atoms with Gasteiger partial charge in [0.25, 0.3) is 0 Å². The first kappa shape index (κ1) is 15.9. The number of benzene rings is 1. The van der Waals surface area contributed by atoms with Gasteiger partial charge < -0.3 is 15.4 Å². The van der Waals surface area contributed by atoms with E-state index in [1.54, 1.807) is 12.1 Å². The van der Waals surface area contributed by atoms with Crippen LogP contribution in [-0.2, 0) is 0 Å². The van der Waals surface area contributed by atoms with E-state index in [1.807, 2.05) is 0 Å². The van der Waals surface area contributed by atoms with E-state index < -0.39 is 0 Å². The molecule has 0 aliphatic carbocycles. The maximum Gasteiger partial charge on any atom is 0.319 e. The molecule has 0 bridgehead atoms. The zero-order valence-corrected chi connectivity index (χ0v) is 12.6. The molecular formula is C13H18Cl2N2O2. The SMILES string of the molecule is CCCCCNC(=O)Nc1cc(Cl)c(OC)c(Cl)c1. The van der Waals surface area contributed by atoms with Crippen LogP contribution in [0.5, 0.6) is 5.75 Å². The van der Waals surface area contributed by atoms with Crippen LogP contribution in [0.25, 0.3) is 0 Å². The Labute approximate surface area is 123 Å². The number of anilines is 1. The van der Waals surface area contributed by atoms with Gasteiger partial charge >= 0.3 is 6.03 Å². The molecule has 0 saturated heterocycles. The van der Waals surface area contributed by atoms with Crippen LogP contribution in [0.3, 0.4) is 0 Å². The van der Waals surface area contributed by atoms with E-state index >= 15 is 0 Å². The van der Waals surface area contributed by atoms with E-state index in [0.29, 0.717) is 28.0 Å². The second kappa shape index (κ2) is 8.12. The molecule has 0 aliphatic heterocycles. The fourth-order valence-electron chi connectivity index (χ4n) is 1.58. The van der Waals surface area contributed by atoms with Gasteiger partial charge in [0.05, 0.1) is 17.2 Å². The van der Waals surface area contributed by atoms with Crippen LogP contribution in [0.4, 0.5) is 10.5 Å². The third-order valence-electron chi connectivity index (χ3n) is 2.53. The molecular weight excluding hydrogens is 287 g/mol. The molecule has 0 aliphatic rings. The minimum Gasteiger partial charge on any atom is -0.494 e. The van der Waals surface area contributed by atoms with Gasteiger partial charge in [0, 0.05) is 12.2 Å². The van der Waals surface area contributed by atoms with Crippen LogP contribution >= 0.6 is 23.2 Å². The van der Waals surface area contributed by atoms with Crippen molar-refractivity contribution < 1.29 is 9.53 Å². The summed E-state index contributed by atoms with van der Waals surface area (Å²) < 4.78 is 5.04. The van der Waals surface area contributed by atoms with Gasteiger partial charge in [-0.05, 0) is 18.6 Å². The van der Waals surface area contributed by atoms with E-state index in [4.69, 9.17) is 27.9 Å². The van der Waals surface area contributed by atoms with Crippen molar-refractivity contribution in [2.24, 2.45) is 0 Å². The van der Waals surface area contributed by atoms with Crippen LogP contribution in [0.15, 0.2) is 12.1 Å². The van der Waals surface area contributed by atoms with Gasteiger partial charge in [-0.2, -0.15) is 0 Å². The van der Waals surface area contributed by atoms with Crippen LogP contribution in [0.1, 0.15) is 26.2 Å². The van der Waals surface area contributed by atoms with Crippen molar-refractivity contribution in [3.05, 3.63) is 22.2 Å². The summed E-state index contributed by atoms with van der Waals surface area (Å²) in [5.41, 5.74) is 0.531. The van der Waals surface area contributed by atoms with Gasteiger partial charge in [-0.25, -0.2) is 4.79 Å². The monoisotopic (exact) mass is 304 g/mol. The first-order valence-corrected chi connectivity index (χ1v) is 6.92. The molecule has 4 nitrogen and oxygen atoms in total. The highest BCUT2D eigenvalue weighted by Crippen LogP contribution is 2.35. The van der Waals surface area contributed by atoms with Crippen LogP contribution < -0.4 is 15.4 Å². The predicted molar refractivity (Wildman–Crippen MR) is 79.6 cm³/mol.